The number of carbonyl (C=O) groups excluding carboxylic acids is 1. The predicted octanol–water partition coefficient (Wildman–Crippen LogP) is -0.666. The van der Waals surface area contributed by atoms with Gasteiger partial charge in [0.1, 0.15) is 0 Å². The number of carbonyl (C=O) groups is 1. The number of rotatable bonds is 5. The van der Waals surface area contributed by atoms with Crippen molar-refractivity contribution >= 4 is 5.91 Å². The molecule has 0 radical (unpaired) electrons. The minimum absolute atomic E-state index is 0.0623. The first-order valence-corrected chi connectivity index (χ1v) is 5.22. The molecule has 0 aromatic heterocycles. The maximum atomic E-state index is 11.5. The molecule has 1 aliphatic rings. The predicted molar refractivity (Wildman–Crippen MR) is 56.3 cm³/mol. The zero-order valence-corrected chi connectivity index (χ0v) is 9.40. The normalized spacial score (nSPS) is 25.7. The Bertz CT molecular complexity index is 231. The van der Waals surface area contributed by atoms with Crippen molar-refractivity contribution in [1.82, 2.24) is 4.90 Å². The molecule has 88 valence electrons. The van der Waals surface area contributed by atoms with E-state index in [1.165, 1.54) is 0 Å². The Labute approximate surface area is 90.2 Å². The van der Waals surface area contributed by atoms with Crippen LogP contribution in [-0.4, -0.2) is 54.4 Å². The molecule has 3 N–H and O–H groups in total. The van der Waals surface area contributed by atoms with Crippen LogP contribution < -0.4 is 5.73 Å². The third-order valence-electron chi connectivity index (χ3n) is 2.72. The van der Waals surface area contributed by atoms with Crippen LogP contribution in [0.25, 0.3) is 0 Å². The molecule has 0 bridgehead atoms. The van der Waals surface area contributed by atoms with Gasteiger partial charge in [-0.25, -0.2) is 0 Å². The molecular weight excluding hydrogens is 196 g/mol. The number of hydrogen-bond acceptors (Lipinski definition) is 4. The minimum atomic E-state index is -0.893. The molecule has 1 heterocycles. The Hall–Kier alpha value is -0.650. The highest BCUT2D eigenvalue weighted by Crippen LogP contribution is 2.16. The second-order valence-corrected chi connectivity index (χ2v) is 4.39. The van der Waals surface area contributed by atoms with E-state index >= 15 is 0 Å². The summed E-state index contributed by atoms with van der Waals surface area (Å²) in [5.41, 5.74) is 4.70. The van der Waals surface area contributed by atoms with Crippen LogP contribution in [0.15, 0.2) is 0 Å². The van der Waals surface area contributed by atoms with Gasteiger partial charge < -0.3 is 20.5 Å². The number of nitrogens with zero attached hydrogens (tertiary/aromatic N) is 1. The summed E-state index contributed by atoms with van der Waals surface area (Å²) in [7, 11) is 1.59. The first-order chi connectivity index (χ1) is 6.96. The maximum Gasteiger partial charge on any atom is 0.239 e. The number of ether oxygens (including phenoxy) is 1. The van der Waals surface area contributed by atoms with E-state index < -0.39 is 5.60 Å². The van der Waals surface area contributed by atoms with Gasteiger partial charge >= 0.3 is 0 Å². The lowest BCUT2D eigenvalue weighted by atomic mass is 10.0. The van der Waals surface area contributed by atoms with Crippen molar-refractivity contribution in [2.75, 3.05) is 26.8 Å². The average molecular weight is 216 g/mol. The Balaban J connectivity index is 2.43. The second-order valence-electron chi connectivity index (χ2n) is 4.39. The topological polar surface area (TPSA) is 75.8 Å². The van der Waals surface area contributed by atoms with Crippen LogP contribution in [0.1, 0.15) is 19.8 Å². The van der Waals surface area contributed by atoms with E-state index in [1.807, 2.05) is 0 Å². The smallest absolute Gasteiger partial charge is 0.239 e. The third-order valence-corrected chi connectivity index (χ3v) is 2.72. The van der Waals surface area contributed by atoms with Crippen LogP contribution in [0, 0.1) is 0 Å². The number of aliphatic hydroxyl groups is 1. The van der Waals surface area contributed by atoms with Gasteiger partial charge in [-0.3, -0.25) is 4.79 Å². The van der Waals surface area contributed by atoms with Crippen LogP contribution in [0.5, 0.6) is 0 Å². The van der Waals surface area contributed by atoms with Gasteiger partial charge in [-0.2, -0.15) is 0 Å². The van der Waals surface area contributed by atoms with Crippen LogP contribution in [0.3, 0.4) is 0 Å². The van der Waals surface area contributed by atoms with E-state index in [0.717, 1.165) is 0 Å². The monoisotopic (exact) mass is 216 g/mol. The lowest BCUT2D eigenvalue weighted by molar-refractivity contribution is -0.132. The van der Waals surface area contributed by atoms with Gasteiger partial charge in [0, 0.05) is 33.2 Å². The van der Waals surface area contributed by atoms with Gasteiger partial charge in [-0.15, -0.1) is 0 Å². The lowest BCUT2D eigenvalue weighted by Gasteiger charge is -2.28. The molecule has 1 rings (SSSR count). The molecule has 15 heavy (non-hydrogen) atoms. The van der Waals surface area contributed by atoms with Crippen molar-refractivity contribution < 1.29 is 14.6 Å². The van der Waals surface area contributed by atoms with Gasteiger partial charge in [0.2, 0.25) is 5.91 Å². The van der Waals surface area contributed by atoms with E-state index in [0.29, 0.717) is 32.5 Å². The fourth-order valence-electron chi connectivity index (χ4n) is 1.73. The molecule has 0 spiro atoms. The molecule has 5 heteroatoms. The molecule has 1 amide bonds. The fourth-order valence-corrected chi connectivity index (χ4v) is 1.73. The SMILES string of the molecule is COCCC(C)(O)CN1CCC(N)C1=O. The Morgan fingerprint density at radius 2 is 2.40 bits per heavy atom. The number of nitrogens with two attached hydrogens (primary N) is 1. The number of hydrogen-bond donors (Lipinski definition) is 2. The summed E-state index contributed by atoms with van der Waals surface area (Å²) in [5, 5.41) is 10.00. The van der Waals surface area contributed by atoms with Crippen molar-refractivity contribution in [3.63, 3.8) is 0 Å². The largest absolute Gasteiger partial charge is 0.388 e. The highest BCUT2D eigenvalue weighted by atomic mass is 16.5. The highest BCUT2D eigenvalue weighted by molar-refractivity contribution is 5.83. The van der Waals surface area contributed by atoms with E-state index in [4.69, 9.17) is 10.5 Å². The molecule has 0 saturated carbocycles. The Kier molecular flexibility index (Phi) is 4.07. The van der Waals surface area contributed by atoms with Crippen LogP contribution in [0.4, 0.5) is 0 Å². The van der Waals surface area contributed by atoms with Gasteiger partial charge in [0.05, 0.1) is 11.6 Å². The maximum absolute atomic E-state index is 11.5. The summed E-state index contributed by atoms with van der Waals surface area (Å²) in [6.45, 7) is 3.18. The lowest BCUT2D eigenvalue weighted by Crippen LogP contribution is -2.44. The standard InChI is InChI=1S/C10H20N2O3/c1-10(14,4-6-15-2)7-12-5-3-8(11)9(12)13/h8,14H,3-7,11H2,1-2H3. The third kappa shape index (κ3) is 3.44. The summed E-state index contributed by atoms with van der Waals surface area (Å²) < 4.78 is 4.90. The van der Waals surface area contributed by atoms with Crippen molar-refractivity contribution in [2.24, 2.45) is 5.73 Å². The molecular formula is C10H20N2O3. The quantitative estimate of drug-likeness (QED) is 0.639. The van der Waals surface area contributed by atoms with Crippen LogP contribution >= 0.6 is 0 Å². The highest BCUT2D eigenvalue weighted by Gasteiger charge is 2.33. The van der Waals surface area contributed by atoms with Crippen LogP contribution in [-0.2, 0) is 9.53 Å². The molecule has 2 unspecified atom stereocenters. The molecule has 2 atom stereocenters. The Morgan fingerprint density at radius 3 is 2.87 bits per heavy atom. The summed E-state index contributed by atoms with van der Waals surface area (Å²) in [4.78, 5) is 13.1. The molecule has 1 aliphatic heterocycles. The molecule has 1 fully saturated rings. The van der Waals surface area contributed by atoms with E-state index in [9.17, 15) is 9.90 Å². The summed E-state index contributed by atoms with van der Waals surface area (Å²) >= 11 is 0. The van der Waals surface area contributed by atoms with Crippen LogP contribution in [0.2, 0.25) is 0 Å². The van der Waals surface area contributed by atoms with Gasteiger partial charge in [0.25, 0.3) is 0 Å². The van der Waals surface area contributed by atoms with E-state index in [2.05, 4.69) is 0 Å². The average Bonchev–Trinajstić information content (AvgIpc) is 2.46. The van der Waals surface area contributed by atoms with Crippen molar-refractivity contribution in [3.8, 4) is 0 Å². The number of β-amino-alcohol motifs (C(OH)–C–C–N with tert-alkyl or cyclic N) is 1. The first kappa shape index (κ1) is 12.4. The molecule has 0 aliphatic carbocycles. The molecule has 1 saturated heterocycles. The van der Waals surface area contributed by atoms with Gasteiger partial charge in [0.15, 0.2) is 0 Å². The molecule has 5 nitrogen and oxygen atoms in total. The van der Waals surface area contributed by atoms with Crippen molar-refractivity contribution in [1.29, 1.82) is 0 Å². The minimum Gasteiger partial charge on any atom is -0.388 e. The fraction of sp³-hybridized carbons (Fsp3) is 0.900. The molecule has 0 aromatic rings. The van der Waals surface area contributed by atoms with E-state index in [-0.39, 0.29) is 11.9 Å². The van der Waals surface area contributed by atoms with E-state index in [1.54, 1.807) is 18.9 Å². The van der Waals surface area contributed by atoms with Gasteiger partial charge in [-0.1, -0.05) is 0 Å². The second kappa shape index (κ2) is 4.92. The number of amides is 1. The summed E-state index contributed by atoms with van der Waals surface area (Å²) in [6, 6.07) is -0.386. The Morgan fingerprint density at radius 1 is 1.73 bits per heavy atom. The van der Waals surface area contributed by atoms with Gasteiger partial charge in [-0.05, 0) is 13.3 Å². The number of methoxy groups -OCH3 is 1. The first-order valence-electron chi connectivity index (χ1n) is 5.22. The zero-order chi connectivity index (χ0) is 11.5. The molecule has 0 aromatic carbocycles. The summed E-state index contributed by atoms with van der Waals surface area (Å²) in [5.74, 6) is -0.0623. The van der Waals surface area contributed by atoms with Crippen molar-refractivity contribution in [3.05, 3.63) is 0 Å². The van der Waals surface area contributed by atoms with Crippen molar-refractivity contribution in [2.45, 2.75) is 31.4 Å². The number of likely N-dealkylation sites (tertiary alicyclic amines) is 1. The zero-order valence-electron chi connectivity index (χ0n) is 9.40. The summed E-state index contributed by atoms with van der Waals surface area (Å²) in [6.07, 6.45) is 1.20.